The Kier molecular flexibility index (Phi) is 4.98. The third-order valence-corrected chi connectivity index (χ3v) is 6.12. The predicted molar refractivity (Wildman–Crippen MR) is 113 cm³/mol. The fourth-order valence-electron chi connectivity index (χ4n) is 4.34. The number of halogens is 1. The number of hydrogen-bond acceptors (Lipinski definition) is 4. The van der Waals surface area contributed by atoms with E-state index in [0.717, 1.165) is 44.0 Å². The highest BCUT2D eigenvalue weighted by Gasteiger charge is 2.38. The van der Waals surface area contributed by atoms with Gasteiger partial charge in [0.05, 0.1) is 30.0 Å². The van der Waals surface area contributed by atoms with Crippen LogP contribution >= 0.6 is 11.6 Å². The molecule has 0 bridgehead atoms. The molecule has 2 aromatic rings. The average molecular weight is 400 g/mol. The molecule has 1 amide bonds. The molecule has 1 fully saturated rings. The zero-order chi connectivity index (χ0) is 19.9. The van der Waals surface area contributed by atoms with Gasteiger partial charge in [-0.05, 0) is 47.2 Å². The van der Waals surface area contributed by atoms with Crippen molar-refractivity contribution in [3.05, 3.63) is 58.1 Å². The topological polar surface area (TPSA) is 67.6 Å². The highest BCUT2D eigenvalue weighted by Crippen LogP contribution is 2.48. The second kappa shape index (κ2) is 7.30. The minimum Gasteiger partial charge on any atom is -0.378 e. The SMILES string of the molecule is CC1(C)Cc2c(C(N)=O)ccc(Cl)c2NC1c1cccc(N2CCOCC2)c1. The number of fused-ring (bicyclic) bond motifs is 1. The van der Waals surface area contributed by atoms with Crippen molar-refractivity contribution in [2.45, 2.75) is 26.3 Å². The maximum Gasteiger partial charge on any atom is 0.249 e. The van der Waals surface area contributed by atoms with Gasteiger partial charge in [-0.3, -0.25) is 4.79 Å². The van der Waals surface area contributed by atoms with Gasteiger partial charge in [-0.2, -0.15) is 0 Å². The Bertz CT molecular complexity index is 907. The van der Waals surface area contributed by atoms with Crippen LogP contribution < -0.4 is 16.0 Å². The Morgan fingerprint density at radius 2 is 2.00 bits per heavy atom. The number of benzene rings is 2. The summed E-state index contributed by atoms with van der Waals surface area (Å²) in [5.74, 6) is -0.418. The standard InChI is InChI=1S/C22H26ClN3O2/c1-22(2)13-17-16(21(24)27)6-7-18(23)19(17)25-20(22)14-4-3-5-15(12-14)26-8-10-28-11-9-26/h3-7,12,20,25H,8-11,13H2,1-2H3,(H2,24,27). The molecule has 0 saturated carbocycles. The Morgan fingerprint density at radius 3 is 2.71 bits per heavy atom. The van der Waals surface area contributed by atoms with Crippen LogP contribution in [0.1, 0.15) is 41.4 Å². The summed E-state index contributed by atoms with van der Waals surface area (Å²) in [7, 11) is 0. The number of anilines is 2. The van der Waals surface area contributed by atoms with Crippen LogP contribution in [0.3, 0.4) is 0 Å². The molecule has 0 aliphatic carbocycles. The van der Waals surface area contributed by atoms with Gasteiger partial charge in [0.25, 0.3) is 0 Å². The van der Waals surface area contributed by atoms with Gasteiger partial charge in [0.2, 0.25) is 5.91 Å². The molecule has 4 rings (SSSR count). The maximum atomic E-state index is 11.9. The molecule has 1 unspecified atom stereocenters. The molecule has 2 heterocycles. The van der Waals surface area contributed by atoms with E-state index in [0.29, 0.717) is 10.6 Å². The van der Waals surface area contributed by atoms with Crippen molar-refractivity contribution >= 4 is 28.9 Å². The van der Waals surface area contributed by atoms with E-state index in [1.165, 1.54) is 11.3 Å². The molecule has 0 radical (unpaired) electrons. The quantitative estimate of drug-likeness (QED) is 0.818. The van der Waals surface area contributed by atoms with E-state index in [1.54, 1.807) is 12.1 Å². The minimum atomic E-state index is -0.418. The van der Waals surface area contributed by atoms with Gasteiger partial charge in [-0.15, -0.1) is 0 Å². The minimum absolute atomic E-state index is 0.0709. The summed E-state index contributed by atoms with van der Waals surface area (Å²) in [6.07, 6.45) is 0.723. The molecule has 148 valence electrons. The summed E-state index contributed by atoms with van der Waals surface area (Å²) >= 11 is 6.48. The van der Waals surface area contributed by atoms with Crippen LogP contribution in [0.15, 0.2) is 36.4 Å². The molecular formula is C22H26ClN3O2. The highest BCUT2D eigenvalue weighted by molar-refractivity contribution is 6.33. The lowest BCUT2D eigenvalue weighted by Gasteiger charge is -2.42. The van der Waals surface area contributed by atoms with Crippen LogP contribution in [-0.2, 0) is 11.2 Å². The van der Waals surface area contributed by atoms with Gasteiger partial charge in [0.15, 0.2) is 0 Å². The van der Waals surface area contributed by atoms with E-state index in [9.17, 15) is 4.79 Å². The molecule has 1 atom stereocenters. The third-order valence-electron chi connectivity index (χ3n) is 5.81. The van der Waals surface area contributed by atoms with E-state index in [1.807, 2.05) is 0 Å². The first kappa shape index (κ1) is 19.1. The van der Waals surface area contributed by atoms with Crippen molar-refractivity contribution in [2.24, 2.45) is 11.1 Å². The second-order valence-electron chi connectivity index (χ2n) is 8.25. The first-order chi connectivity index (χ1) is 13.4. The average Bonchev–Trinajstić information content (AvgIpc) is 2.67. The first-order valence-electron chi connectivity index (χ1n) is 9.67. The summed E-state index contributed by atoms with van der Waals surface area (Å²) in [4.78, 5) is 14.3. The number of rotatable bonds is 3. The van der Waals surface area contributed by atoms with Gasteiger partial charge >= 0.3 is 0 Å². The Hall–Kier alpha value is -2.24. The third kappa shape index (κ3) is 3.45. The van der Waals surface area contributed by atoms with Gasteiger partial charge in [-0.25, -0.2) is 0 Å². The molecule has 3 N–H and O–H groups in total. The smallest absolute Gasteiger partial charge is 0.249 e. The summed E-state index contributed by atoms with van der Waals surface area (Å²) in [5, 5.41) is 4.23. The normalized spacial score (nSPS) is 21.0. The molecule has 1 saturated heterocycles. The van der Waals surface area contributed by atoms with Crippen LogP contribution in [0.2, 0.25) is 5.02 Å². The predicted octanol–water partition coefficient (Wildman–Crippen LogP) is 4.01. The molecule has 28 heavy (non-hydrogen) atoms. The first-order valence-corrected chi connectivity index (χ1v) is 10.0. The zero-order valence-electron chi connectivity index (χ0n) is 16.3. The molecule has 0 spiro atoms. The lowest BCUT2D eigenvalue weighted by atomic mass is 9.72. The van der Waals surface area contributed by atoms with Crippen molar-refractivity contribution in [1.82, 2.24) is 0 Å². The maximum absolute atomic E-state index is 11.9. The summed E-state index contributed by atoms with van der Waals surface area (Å²) in [5.41, 5.74) is 10.2. The second-order valence-corrected chi connectivity index (χ2v) is 8.66. The van der Waals surface area contributed by atoms with Gasteiger partial charge < -0.3 is 20.7 Å². The number of primary amides is 1. The molecule has 2 aromatic carbocycles. The van der Waals surface area contributed by atoms with Crippen molar-refractivity contribution < 1.29 is 9.53 Å². The van der Waals surface area contributed by atoms with Crippen molar-refractivity contribution in [3.8, 4) is 0 Å². The van der Waals surface area contributed by atoms with E-state index in [-0.39, 0.29) is 11.5 Å². The Morgan fingerprint density at radius 1 is 1.25 bits per heavy atom. The van der Waals surface area contributed by atoms with E-state index < -0.39 is 5.91 Å². The Balaban J connectivity index is 1.72. The van der Waals surface area contributed by atoms with Gasteiger partial charge in [-0.1, -0.05) is 37.6 Å². The lowest BCUT2D eigenvalue weighted by molar-refractivity contribution is 0.0998. The highest BCUT2D eigenvalue weighted by atomic mass is 35.5. The van der Waals surface area contributed by atoms with Crippen LogP contribution in [-0.4, -0.2) is 32.2 Å². The molecule has 5 nitrogen and oxygen atoms in total. The van der Waals surface area contributed by atoms with E-state index in [4.69, 9.17) is 22.1 Å². The zero-order valence-corrected chi connectivity index (χ0v) is 17.1. The van der Waals surface area contributed by atoms with Crippen LogP contribution in [0.5, 0.6) is 0 Å². The molecule has 2 aliphatic rings. The number of nitrogens with zero attached hydrogens (tertiary/aromatic N) is 1. The van der Waals surface area contributed by atoms with Crippen molar-refractivity contribution in [3.63, 3.8) is 0 Å². The number of amides is 1. The van der Waals surface area contributed by atoms with Crippen LogP contribution in [0.4, 0.5) is 11.4 Å². The number of carbonyl (C=O) groups excluding carboxylic acids is 1. The van der Waals surface area contributed by atoms with E-state index >= 15 is 0 Å². The Labute approximate surface area is 170 Å². The summed E-state index contributed by atoms with van der Waals surface area (Å²) in [6.45, 7) is 7.75. The summed E-state index contributed by atoms with van der Waals surface area (Å²) < 4.78 is 5.48. The number of nitrogens with one attached hydrogen (secondary N) is 1. The van der Waals surface area contributed by atoms with E-state index in [2.05, 4.69) is 48.3 Å². The number of morpholine rings is 1. The monoisotopic (exact) mass is 399 g/mol. The number of ether oxygens (including phenoxy) is 1. The van der Waals surface area contributed by atoms with Gasteiger partial charge in [0.1, 0.15) is 0 Å². The van der Waals surface area contributed by atoms with Gasteiger partial charge in [0, 0.05) is 24.3 Å². The summed E-state index contributed by atoms with van der Waals surface area (Å²) in [6, 6.07) is 12.2. The number of carbonyl (C=O) groups is 1. The fraction of sp³-hybridized carbons (Fsp3) is 0.409. The molecule has 2 aliphatic heterocycles. The lowest BCUT2D eigenvalue weighted by Crippen LogP contribution is -2.37. The fourth-order valence-corrected chi connectivity index (χ4v) is 4.58. The number of nitrogens with two attached hydrogens (primary N) is 1. The molecule has 0 aromatic heterocycles. The van der Waals surface area contributed by atoms with Crippen LogP contribution in [0, 0.1) is 5.41 Å². The molecule has 6 heteroatoms. The molecular weight excluding hydrogens is 374 g/mol. The van der Waals surface area contributed by atoms with Crippen molar-refractivity contribution in [1.29, 1.82) is 0 Å². The van der Waals surface area contributed by atoms with Crippen LogP contribution in [0.25, 0.3) is 0 Å². The largest absolute Gasteiger partial charge is 0.378 e. The number of hydrogen-bond donors (Lipinski definition) is 2. The van der Waals surface area contributed by atoms with Crippen molar-refractivity contribution in [2.75, 3.05) is 36.5 Å².